The summed E-state index contributed by atoms with van der Waals surface area (Å²) < 4.78 is 10.7. The lowest BCUT2D eigenvalue weighted by atomic mass is 10.2. The summed E-state index contributed by atoms with van der Waals surface area (Å²) in [5, 5.41) is 19.2. The van der Waals surface area contributed by atoms with E-state index in [4.69, 9.17) is 9.47 Å². The fourth-order valence-corrected chi connectivity index (χ4v) is 4.20. The van der Waals surface area contributed by atoms with Crippen LogP contribution in [0.5, 0.6) is 11.5 Å². The first-order valence-electron chi connectivity index (χ1n) is 9.95. The number of guanidine groups is 1. The highest BCUT2D eigenvalue weighted by molar-refractivity contribution is 7.10. The zero-order valence-corrected chi connectivity index (χ0v) is 17.9. The van der Waals surface area contributed by atoms with E-state index in [1.165, 1.54) is 4.88 Å². The molecule has 0 amide bonds. The van der Waals surface area contributed by atoms with Crippen molar-refractivity contribution in [2.24, 2.45) is 4.99 Å². The average Bonchev–Trinajstić information content (AvgIpc) is 3.28. The molecular weight excluding hydrogens is 388 g/mol. The molecule has 1 aliphatic rings. The third-order valence-electron chi connectivity index (χ3n) is 4.88. The van der Waals surface area contributed by atoms with Crippen molar-refractivity contribution in [2.45, 2.75) is 19.5 Å². The minimum Gasteiger partial charge on any atom is -0.504 e. The van der Waals surface area contributed by atoms with Gasteiger partial charge in [-0.1, -0.05) is 18.2 Å². The maximum Gasteiger partial charge on any atom is 0.191 e. The van der Waals surface area contributed by atoms with Crippen LogP contribution in [0.1, 0.15) is 23.4 Å². The van der Waals surface area contributed by atoms with Gasteiger partial charge in [0.1, 0.15) is 0 Å². The van der Waals surface area contributed by atoms with Crippen LogP contribution in [-0.2, 0) is 11.3 Å². The molecule has 0 saturated carbocycles. The number of thiophene rings is 1. The van der Waals surface area contributed by atoms with Gasteiger partial charge in [0.15, 0.2) is 17.5 Å². The monoisotopic (exact) mass is 418 g/mol. The van der Waals surface area contributed by atoms with Gasteiger partial charge in [-0.2, -0.15) is 0 Å². The Morgan fingerprint density at radius 1 is 1.28 bits per heavy atom. The van der Waals surface area contributed by atoms with E-state index in [1.807, 2.05) is 19.1 Å². The summed E-state index contributed by atoms with van der Waals surface area (Å²) in [7, 11) is 1.55. The fraction of sp³-hybridized carbons (Fsp3) is 0.476. The van der Waals surface area contributed by atoms with E-state index in [0.29, 0.717) is 12.3 Å². The molecule has 158 valence electrons. The van der Waals surface area contributed by atoms with Crippen molar-refractivity contribution in [3.8, 4) is 11.5 Å². The number of rotatable bonds is 8. The van der Waals surface area contributed by atoms with Gasteiger partial charge < -0.3 is 25.2 Å². The van der Waals surface area contributed by atoms with Crippen LogP contribution in [0.2, 0.25) is 0 Å². The number of hydrogen-bond acceptors (Lipinski definition) is 6. The van der Waals surface area contributed by atoms with E-state index in [-0.39, 0.29) is 11.8 Å². The van der Waals surface area contributed by atoms with E-state index < -0.39 is 0 Å². The second kappa shape index (κ2) is 11.0. The molecule has 1 fully saturated rings. The minimum absolute atomic E-state index is 0.138. The topological polar surface area (TPSA) is 78.4 Å². The van der Waals surface area contributed by atoms with Crippen molar-refractivity contribution in [2.75, 3.05) is 46.5 Å². The first-order chi connectivity index (χ1) is 14.2. The molecule has 3 rings (SSSR count). The molecule has 1 unspecified atom stereocenters. The number of phenolic OH excluding ortho intramolecular Hbond substituents is 1. The van der Waals surface area contributed by atoms with Crippen molar-refractivity contribution < 1.29 is 14.6 Å². The number of ether oxygens (including phenoxy) is 2. The molecule has 1 saturated heterocycles. The minimum atomic E-state index is 0.138. The lowest BCUT2D eigenvalue weighted by molar-refractivity contribution is 0.0177. The normalized spacial score (nSPS) is 16.4. The molecule has 1 aliphatic heterocycles. The molecular formula is C21H30N4O3S. The Labute approximate surface area is 176 Å². The smallest absolute Gasteiger partial charge is 0.191 e. The van der Waals surface area contributed by atoms with Crippen LogP contribution in [0.4, 0.5) is 0 Å². The number of benzene rings is 1. The molecule has 0 spiro atoms. The Balaban J connectivity index is 1.69. The second-order valence-electron chi connectivity index (χ2n) is 6.72. The van der Waals surface area contributed by atoms with Crippen LogP contribution < -0.4 is 15.4 Å². The van der Waals surface area contributed by atoms with E-state index in [1.54, 1.807) is 24.5 Å². The second-order valence-corrected chi connectivity index (χ2v) is 7.70. The zero-order chi connectivity index (χ0) is 20.5. The molecule has 3 N–H and O–H groups in total. The van der Waals surface area contributed by atoms with E-state index in [2.05, 4.69) is 38.0 Å². The van der Waals surface area contributed by atoms with E-state index >= 15 is 0 Å². The number of phenols is 1. The van der Waals surface area contributed by atoms with E-state index in [9.17, 15) is 5.11 Å². The third-order valence-corrected chi connectivity index (χ3v) is 5.85. The maximum atomic E-state index is 10.3. The van der Waals surface area contributed by atoms with Crippen molar-refractivity contribution in [1.29, 1.82) is 0 Å². The van der Waals surface area contributed by atoms with Gasteiger partial charge in [0, 0.05) is 36.6 Å². The number of hydrogen-bond donors (Lipinski definition) is 3. The molecule has 0 radical (unpaired) electrons. The fourth-order valence-electron chi connectivity index (χ4n) is 3.34. The van der Waals surface area contributed by atoms with Gasteiger partial charge in [-0.15, -0.1) is 11.3 Å². The summed E-state index contributed by atoms with van der Waals surface area (Å²) in [5.74, 6) is 1.32. The van der Waals surface area contributed by atoms with Gasteiger partial charge in [0.2, 0.25) is 0 Å². The molecule has 7 nitrogen and oxygen atoms in total. The Morgan fingerprint density at radius 2 is 2.10 bits per heavy atom. The Bertz CT molecular complexity index is 776. The number of methoxy groups -OCH3 is 1. The molecule has 2 aromatic rings. The van der Waals surface area contributed by atoms with Gasteiger partial charge in [0.25, 0.3) is 0 Å². The van der Waals surface area contributed by atoms with Crippen molar-refractivity contribution >= 4 is 17.3 Å². The SMILES string of the molecule is CCNC(=NCc1cccc(OC)c1O)NCC(c1cccs1)N1CCOCC1. The highest BCUT2D eigenvalue weighted by atomic mass is 32.1. The average molecular weight is 419 g/mol. The summed E-state index contributed by atoms with van der Waals surface area (Å²) in [6.45, 7) is 7.30. The van der Waals surface area contributed by atoms with Crippen LogP contribution in [-0.4, -0.2) is 62.5 Å². The van der Waals surface area contributed by atoms with Crippen LogP contribution in [0.15, 0.2) is 40.7 Å². The molecule has 8 heteroatoms. The van der Waals surface area contributed by atoms with E-state index in [0.717, 1.165) is 50.9 Å². The van der Waals surface area contributed by atoms with Crippen molar-refractivity contribution in [3.05, 3.63) is 46.2 Å². The van der Waals surface area contributed by atoms with Crippen molar-refractivity contribution in [3.63, 3.8) is 0 Å². The van der Waals surface area contributed by atoms with Gasteiger partial charge in [-0.3, -0.25) is 4.90 Å². The predicted molar refractivity (Wildman–Crippen MR) is 117 cm³/mol. The number of nitrogens with one attached hydrogen (secondary N) is 2. The molecule has 0 aliphatic carbocycles. The van der Waals surface area contributed by atoms with Gasteiger partial charge in [-0.25, -0.2) is 4.99 Å². The van der Waals surface area contributed by atoms with Crippen molar-refractivity contribution in [1.82, 2.24) is 15.5 Å². The Hall–Kier alpha value is -2.29. The molecule has 1 aromatic heterocycles. The van der Waals surface area contributed by atoms with Crippen LogP contribution in [0.3, 0.4) is 0 Å². The van der Waals surface area contributed by atoms with Crippen LogP contribution in [0.25, 0.3) is 0 Å². The summed E-state index contributed by atoms with van der Waals surface area (Å²) >= 11 is 1.78. The number of nitrogens with zero attached hydrogens (tertiary/aromatic N) is 2. The molecule has 1 aromatic carbocycles. The lowest BCUT2D eigenvalue weighted by Gasteiger charge is -2.34. The largest absolute Gasteiger partial charge is 0.504 e. The standard InChI is InChI=1S/C21H30N4O3S/c1-3-22-21(23-14-16-6-4-7-18(27-2)20(16)26)24-15-17(19-8-5-13-29-19)25-9-11-28-12-10-25/h4-8,13,17,26H,3,9-12,14-15H2,1-2H3,(H2,22,23,24). The lowest BCUT2D eigenvalue weighted by Crippen LogP contribution is -2.46. The Morgan fingerprint density at radius 3 is 2.79 bits per heavy atom. The molecule has 29 heavy (non-hydrogen) atoms. The highest BCUT2D eigenvalue weighted by Gasteiger charge is 2.23. The third kappa shape index (κ3) is 5.85. The summed E-state index contributed by atoms with van der Waals surface area (Å²) in [6.07, 6.45) is 0. The maximum absolute atomic E-state index is 10.3. The number of aromatic hydroxyl groups is 1. The predicted octanol–water partition coefficient (Wildman–Crippen LogP) is 2.59. The zero-order valence-electron chi connectivity index (χ0n) is 17.1. The van der Waals surface area contributed by atoms with Gasteiger partial charge >= 0.3 is 0 Å². The summed E-state index contributed by atoms with van der Waals surface area (Å²) in [6, 6.07) is 10.00. The highest BCUT2D eigenvalue weighted by Crippen LogP contribution is 2.29. The van der Waals surface area contributed by atoms with Crippen LogP contribution >= 0.6 is 11.3 Å². The van der Waals surface area contributed by atoms with Gasteiger partial charge in [-0.05, 0) is 24.4 Å². The quantitative estimate of drug-likeness (QED) is 0.452. The summed E-state index contributed by atoms with van der Waals surface area (Å²) in [4.78, 5) is 8.45. The first-order valence-corrected chi connectivity index (χ1v) is 10.8. The summed E-state index contributed by atoms with van der Waals surface area (Å²) in [5.41, 5.74) is 0.726. The van der Waals surface area contributed by atoms with Crippen LogP contribution in [0, 0.1) is 0 Å². The number of morpholine rings is 1. The number of para-hydroxylation sites is 1. The molecule has 0 bridgehead atoms. The Kier molecular flexibility index (Phi) is 8.15. The molecule has 2 heterocycles. The number of aliphatic imine (C=N–C) groups is 1. The molecule has 1 atom stereocenters. The van der Waals surface area contributed by atoms with Gasteiger partial charge in [0.05, 0.1) is 32.9 Å². The first kappa shape index (κ1) is 21.4.